The number of hydrogen-bond donors (Lipinski definition) is 2. The van der Waals surface area contributed by atoms with Gasteiger partial charge in [-0.25, -0.2) is 4.39 Å². The molecule has 0 aromatic heterocycles. The highest BCUT2D eigenvalue weighted by atomic mass is 32.2. The number of nitrogens with zero attached hydrogens (tertiary/aromatic N) is 2. The predicted molar refractivity (Wildman–Crippen MR) is 114 cm³/mol. The van der Waals surface area contributed by atoms with Crippen LogP contribution in [0.5, 0.6) is 0 Å². The lowest BCUT2D eigenvalue weighted by Gasteiger charge is -2.34. The van der Waals surface area contributed by atoms with Gasteiger partial charge in [-0.1, -0.05) is 6.07 Å². The van der Waals surface area contributed by atoms with E-state index in [9.17, 15) is 8.60 Å². The molecule has 0 saturated carbocycles. The van der Waals surface area contributed by atoms with Crippen LogP contribution in [0, 0.1) is 5.82 Å². The second-order valence-corrected chi connectivity index (χ2v) is 10.1. The fourth-order valence-corrected chi connectivity index (χ4v) is 3.88. The summed E-state index contributed by atoms with van der Waals surface area (Å²) >= 11 is 0. The van der Waals surface area contributed by atoms with E-state index in [-0.39, 0.29) is 10.6 Å². The molecule has 1 aromatic carbocycles. The van der Waals surface area contributed by atoms with E-state index in [2.05, 4.69) is 20.5 Å². The van der Waals surface area contributed by atoms with Crippen molar-refractivity contribution in [3.05, 3.63) is 30.1 Å². The van der Waals surface area contributed by atoms with Crippen molar-refractivity contribution < 1.29 is 8.60 Å². The van der Waals surface area contributed by atoms with Gasteiger partial charge in [0.1, 0.15) is 5.82 Å². The molecule has 1 aliphatic rings. The van der Waals surface area contributed by atoms with Crippen molar-refractivity contribution in [1.82, 2.24) is 10.6 Å². The van der Waals surface area contributed by atoms with Gasteiger partial charge in [0, 0.05) is 52.7 Å². The maximum atomic E-state index is 13.4. The minimum atomic E-state index is -0.892. The highest BCUT2D eigenvalue weighted by Gasteiger charge is 2.21. The minimum Gasteiger partial charge on any atom is -0.371 e. The van der Waals surface area contributed by atoms with Gasteiger partial charge < -0.3 is 15.5 Å². The van der Waals surface area contributed by atoms with Crippen molar-refractivity contribution in [3.63, 3.8) is 0 Å². The zero-order chi connectivity index (χ0) is 19.9. The number of aliphatic imine (C=N–C) groups is 1. The molecule has 0 spiro atoms. The van der Waals surface area contributed by atoms with Crippen LogP contribution < -0.4 is 15.5 Å². The smallest absolute Gasteiger partial charge is 0.191 e. The molecule has 0 bridgehead atoms. The third kappa shape index (κ3) is 7.13. The van der Waals surface area contributed by atoms with Gasteiger partial charge in [0.15, 0.2) is 5.96 Å². The first kappa shape index (κ1) is 21.7. The van der Waals surface area contributed by atoms with E-state index in [0.717, 1.165) is 44.1 Å². The molecule has 2 rings (SSSR count). The standard InChI is InChI=1S/C20H33FN4OS/c1-5-22-19(23-11-14-27(26)20(2,3)4)24-17-9-12-25(13-10-17)18-8-6-7-16(21)15-18/h6-8,15,17H,5,9-14H2,1-4H3,(H2,22,23,24). The van der Waals surface area contributed by atoms with Gasteiger partial charge >= 0.3 is 0 Å². The lowest BCUT2D eigenvalue weighted by atomic mass is 10.0. The summed E-state index contributed by atoms with van der Waals surface area (Å²) in [7, 11) is -0.892. The number of piperidine rings is 1. The SMILES string of the molecule is CCNC(=NCCS(=O)C(C)(C)C)NC1CCN(c2cccc(F)c2)CC1. The molecular formula is C20H33FN4OS. The first-order valence-electron chi connectivity index (χ1n) is 9.73. The van der Waals surface area contributed by atoms with Crippen molar-refractivity contribution in [2.24, 2.45) is 4.99 Å². The minimum absolute atomic E-state index is 0.193. The summed E-state index contributed by atoms with van der Waals surface area (Å²) in [6, 6.07) is 7.11. The van der Waals surface area contributed by atoms with Crippen LogP contribution in [0.2, 0.25) is 0 Å². The molecule has 1 saturated heterocycles. The molecule has 152 valence electrons. The van der Waals surface area contributed by atoms with E-state index in [4.69, 9.17) is 0 Å². The van der Waals surface area contributed by atoms with Crippen molar-refractivity contribution >= 4 is 22.4 Å². The van der Waals surface area contributed by atoms with Gasteiger partial charge in [-0.3, -0.25) is 9.20 Å². The Morgan fingerprint density at radius 1 is 1.33 bits per heavy atom. The van der Waals surface area contributed by atoms with Crippen LogP contribution in [0.4, 0.5) is 10.1 Å². The number of guanidine groups is 1. The lowest BCUT2D eigenvalue weighted by molar-refractivity contribution is 0.461. The third-order valence-electron chi connectivity index (χ3n) is 4.58. The molecule has 1 aromatic rings. The first-order valence-corrected chi connectivity index (χ1v) is 11.1. The van der Waals surface area contributed by atoms with Crippen LogP contribution in [-0.4, -0.2) is 52.9 Å². The number of anilines is 1. The Kier molecular flexibility index (Phi) is 8.07. The molecule has 7 heteroatoms. The van der Waals surface area contributed by atoms with Gasteiger partial charge in [-0.15, -0.1) is 0 Å². The van der Waals surface area contributed by atoms with E-state index in [1.807, 2.05) is 33.8 Å². The summed E-state index contributed by atoms with van der Waals surface area (Å²) in [4.78, 5) is 6.81. The van der Waals surface area contributed by atoms with E-state index >= 15 is 0 Å². The van der Waals surface area contributed by atoms with Crippen LogP contribution in [-0.2, 0) is 10.8 Å². The van der Waals surface area contributed by atoms with Crippen LogP contribution in [0.15, 0.2) is 29.3 Å². The van der Waals surface area contributed by atoms with E-state index in [1.165, 1.54) is 6.07 Å². The Morgan fingerprint density at radius 3 is 2.63 bits per heavy atom. The maximum Gasteiger partial charge on any atom is 0.191 e. The Labute approximate surface area is 165 Å². The maximum absolute atomic E-state index is 13.4. The fourth-order valence-electron chi connectivity index (χ4n) is 3.01. The molecule has 1 heterocycles. The summed E-state index contributed by atoms with van der Waals surface area (Å²) in [6.45, 7) is 11.1. The van der Waals surface area contributed by atoms with E-state index in [1.54, 1.807) is 12.1 Å². The average molecular weight is 397 g/mol. The number of halogens is 1. The lowest BCUT2D eigenvalue weighted by Crippen LogP contribution is -2.49. The second kappa shape index (κ2) is 10.1. The van der Waals surface area contributed by atoms with Crippen molar-refractivity contribution in [1.29, 1.82) is 0 Å². The highest BCUT2D eigenvalue weighted by molar-refractivity contribution is 7.86. The van der Waals surface area contributed by atoms with Crippen LogP contribution >= 0.6 is 0 Å². The fraction of sp³-hybridized carbons (Fsp3) is 0.650. The Morgan fingerprint density at radius 2 is 2.04 bits per heavy atom. The van der Waals surface area contributed by atoms with Crippen LogP contribution in [0.3, 0.4) is 0 Å². The number of nitrogens with one attached hydrogen (secondary N) is 2. The molecule has 1 atom stereocenters. The first-order chi connectivity index (χ1) is 12.8. The molecule has 2 N–H and O–H groups in total. The molecule has 5 nitrogen and oxygen atoms in total. The topological polar surface area (TPSA) is 56.7 Å². The molecule has 1 unspecified atom stereocenters. The summed E-state index contributed by atoms with van der Waals surface area (Å²) < 4.78 is 25.4. The summed E-state index contributed by atoms with van der Waals surface area (Å²) in [5.74, 6) is 1.16. The largest absolute Gasteiger partial charge is 0.371 e. The van der Waals surface area contributed by atoms with Crippen molar-refractivity contribution in [2.45, 2.75) is 51.3 Å². The molecule has 0 radical (unpaired) electrons. The number of rotatable bonds is 6. The Bertz CT molecular complexity index is 652. The normalized spacial score (nSPS) is 17.7. The van der Waals surface area contributed by atoms with Crippen molar-refractivity contribution in [3.8, 4) is 0 Å². The summed E-state index contributed by atoms with van der Waals surface area (Å²) in [5.41, 5.74) is 0.943. The predicted octanol–water partition coefficient (Wildman–Crippen LogP) is 2.90. The second-order valence-electron chi connectivity index (χ2n) is 7.81. The Balaban J connectivity index is 1.84. The highest BCUT2D eigenvalue weighted by Crippen LogP contribution is 2.20. The molecule has 0 amide bonds. The quantitative estimate of drug-likeness (QED) is 0.573. The number of benzene rings is 1. The third-order valence-corrected chi connectivity index (χ3v) is 6.50. The average Bonchev–Trinajstić information content (AvgIpc) is 2.61. The monoisotopic (exact) mass is 396 g/mol. The molecule has 0 aliphatic carbocycles. The molecule has 1 aliphatic heterocycles. The van der Waals surface area contributed by atoms with Crippen LogP contribution in [0.1, 0.15) is 40.5 Å². The van der Waals surface area contributed by atoms with Gasteiger partial charge in [-0.2, -0.15) is 0 Å². The Hall–Kier alpha value is -1.63. The summed E-state index contributed by atoms with van der Waals surface area (Å²) in [6.07, 6.45) is 1.93. The van der Waals surface area contributed by atoms with E-state index in [0.29, 0.717) is 18.3 Å². The van der Waals surface area contributed by atoms with Gasteiger partial charge in [0.2, 0.25) is 0 Å². The van der Waals surface area contributed by atoms with E-state index < -0.39 is 10.8 Å². The zero-order valence-corrected chi connectivity index (χ0v) is 17.7. The molecular weight excluding hydrogens is 363 g/mol. The number of hydrogen-bond acceptors (Lipinski definition) is 3. The van der Waals surface area contributed by atoms with Gasteiger partial charge in [0.05, 0.1) is 6.54 Å². The van der Waals surface area contributed by atoms with Gasteiger partial charge in [0.25, 0.3) is 0 Å². The summed E-state index contributed by atoms with van der Waals surface area (Å²) in [5, 5.41) is 6.76. The van der Waals surface area contributed by atoms with Crippen LogP contribution in [0.25, 0.3) is 0 Å². The molecule has 27 heavy (non-hydrogen) atoms. The zero-order valence-electron chi connectivity index (χ0n) is 16.9. The molecule has 1 fully saturated rings. The van der Waals surface area contributed by atoms with Crippen molar-refractivity contribution in [2.75, 3.05) is 36.8 Å². The van der Waals surface area contributed by atoms with Gasteiger partial charge in [-0.05, 0) is 58.7 Å².